The monoisotopic (exact) mass is 361 g/mol. The Morgan fingerprint density at radius 1 is 0.963 bits per heavy atom. The molecular weight excluding hydrogens is 350 g/mol. The number of carboxylic acids is 1. The van der Waals surface area contributed by atoms with Gasteiger partial charge in [-0.2, -0.15) is 0 Å². The normalized spacial score (nSPS) is 11.0. The van der Waals surface area contributed by atoms with Crippen molar-refractivity contribution < 1.29 is 19.4 Å². The maximum Gasteiger partial charge on any atom is 0.335 e. The molecule has 1 heterocycles. The van der Waals surface area contributed by atoms with Crippen LogP contribution in [0.2, 0.25) is 0 Å². The number of fused-ring (bicyclic) bond motifs is 2. The van der Waals surface area contributed by atoms with Crippen molar-refractivity contribution in [3.8, 4) is 28.2 Å². The summed E-state index contributed by atoms with van der Waals surface area (Å²) in [6.07, 6.45) is 0. The van der Waals surface area contributed by atoms with Crippen LogP contribution in [0.25, 0.3) is 33.4 Å². The van der Waals surface area contributed by atoms with Crippen LogP contribution in [-0.4, -0.2) is 16.2 Å². The molecule has 4 rings (SSSR count). The Balaban J connectivity index is 2.21. The summed E-state index contributed by atoms with van der Waals surface area (Å²) in [5, 5.41) is 22.6. The molecule has 2 N–H and O–H groups in total. The van der Waals surface area contributed by atoms with E-state index in [0.717, 1.165) is 0 Å². The number of phenolic OH excluding ortho intramolecular Hbond substituents is 1. The Morgan fingerprint density at radius 3 is 2.52 bits per heavy atom. The standard InChI is InChI=1S/C20H11NO6/c22-11-2-4-13-17(8-11)27-18-9-12(23)3-5-14(18)19(13)15-7-10(20(24)25)1-6-16(15)21-26/h1-9,22H,(H,24,25). The number of aromatic carboxylic acids is 1. The van der Waals surface area contributed by atoms with Crippen LogP contribution in [0, 0.1) is 4.91 Å². The lowest BCUT2D eigenvalue weighted by molar-refractivity contribution is 0.0697. The van der Waals surface area contributed by atoms with E-state index in [1.54, 1.807) is 12.1 Å². The number of carboxylic acid groups (broad SMARTS) is 1. The fraction of sp³-hybridized carbons (Fsp3) is 0. The first-order valence-electron chi connectivity index (χ1n) is 7.88. The third-order valence-corrected chi connectivity index (χ3v) is 4.29. The summed E-state index contributed by atoms with van der Waals surface area (Å²) in [6.45, 7) is 0. The third kappa shape index (κ3) is 2.71. The van der Waals surface area contributed by atoms with Crippen molar-refractivity contribution in [2.75, 3.05) is 0 Å². The van der Waals surface area contributed by atoms with Gasteiger partial charge in [0, 0.05) is 34.2 Å². The molecule has 0 saturated carbocycles. The summed E-state index contributed by atoms with van der Waals surface area (Å²) in [4.78, 5) is 34.5. The van der Waals surface area contributed by atoms with Crippen molar-refractivity contribution in [1.29, 1.82) is 0 Å². The van der Waals surface area contributed by atoms with Crippen LogP contribution in [0.4, 0.5) is 5.69 Å². The van der Waals surface area contributed by atoms with Crippen LogP contribution in [0.5, 0.6) is 5.75 Å². The van der Waals surface area contributed by atoms with Gasteiger partial charge in [-0.05, 0) is 47.6 Å². The van der Waals surface area contributed by atoms with E-state index in [0.29, 0.717) is 22.1 Å². The fourth-order valence-electron chi connectivity index (χ4n) is 3.10. The first-order chi connectivity index (χ1) is 13.0. The molecule has 27 heavy (non-hydrogen) atoms. The van der Waals surface area contributed by atoms with Gasteiger partial charge >= 0.3 is 5.97 Å². The average Bonchev–Trinajstić information content (AvgIpc) is 2.65. The van der Waals surface area contributed by atoms with E-state index < -0.39 is 5.97 Å². The first kappa shape index (κ1) is 16.5. The predicted octanol–water partition coefficient (Wildman–Crippen LogP) is 4.37. The lowest BCUT2D eigenvalue weighted by Crippen LogP contribution is -2.01. The van der Waals surface area contributed by atoms with Gasteiger partial charge in [0.15, 0.2) is 5.43 Å². The van der Waals surface area contributed by atoms with Gasteiger partial charge < -0.3 is 14.6 Å². The van der Waals surface area contributed by atoms with Crippen LogP contribution in [-0.2, 0) is 0 Å². The molecule has 1 aliphatic carbocycles. The largest absolute Gasteiger partial charge is 0.508 e. The molecule has 132 valence electrons. The summed E-state index contributed by atoms with van der Waals surface area (Å²) in [6, 6.07) is 12.6. The quantitative estimate of drug-likeness (QED) is 0.413. The maximum absolute atomic E-state index is 11.7. The van der Waals surface area contributed by atoms with Crippen molar-refractivity contribution in [3.63, 3.8) is 0 Å². The molecular formula is C20H11NO6. The second kappa shape index (κ2) is 6.06. The van der Waals surface area contributed by atoms with Crippen molar-refractivity contribution in [2.45, 2.75) is 0 Å². The number of phenols is 1. The van der Waals surface area contributed by atoms with E-state index in [4.69, 9.17) is 4.42 Å². The number of benzene rings is 3. The minimum absolute atomic E-state index is 0.0151. The molecule has 2 aromatic rings. The number of carbonyl (C=O) groups is 1. The van der Waals surface area contributed by atoms with Gasteiger partial charge in [0.25, 0.3) is 0 Å². The van der Waals surface area contributed by atoms with Crippen molar-refractivity contribution >= 4 is 22.6 Å². The fourth-order valence-corrected chi connectivity index (χ4v) is 3.10. The number of hydrogen-bond acceptors (Lipinski definition) is 6. The smallest absolute Gasteiger partial charge is 0.335 e. The molecule has 2 aromatic carbocycles. The highest BCUT2D eigenvalue weighted by molar-refractivity contribution is 6.05. The van der Waals surface area contributed by atoms with Crippen LogP contribution in [0.15, 0.2) is 69.0 Å². The van der Waals surface area contributed by atoms with Crippen molar-refractivity contribution in [3.05, 3.63) is 75.3 Å². The SMILES string of the molecule is O=Nc1ccc(C(=O)O)cc1-c1c2ccc(=O)cc-2oc2cc(O)ccc12. The molecule has 0 fully saturated rings. The second-order valence-electron chi connectivity index (χ2n) is 5.94. The molecule has 0 amide bonds. The molecule has 0 atom stereocenters. The summed E-state index contributed by atoms with van der Waals surface area (Å²) >= 11 is 0. The molecule has 0 spiro atoms. The van der Waals surface area contributed by atoms with E-state index in [1.807, 2.05) is 0 Å². The highest BCUT2D eigenvalue weighted by Crippen LogP contribution is 2.44. The average molecular weight is 361 g/mol. The number of aromatic hydroxyl groups is 1. The molecule has 0 bridgehead atoms. The van der Waals surface area contributed by atoms with E-state index in [9.17, 15) is 24.7 Å². The zero-order chi connectivity index (χ0) is 19.1. The van der Waals surface area contributed by atoms with Gasteiger partial charge in [0.05, 0.1) is 5.56 Å². The van der Waals surface area contributed by atoms with Crippen LogP contribution < -0.4 is 5.43 Å². The lowest BCUT2D eigenvalue weighted by Gasteiger charge is -2.16. The molecule has 1 aliphatic heterocycles. The van der Waals surface area contributed by atoms with Gasteiger partial charge in [-0.1, -0.05) is 0 Å². The molecule has 0 saturated heterocycles. The van der Waals surface area contributed by atoms with Gasteiger partial charge in [-0.25, -0.2) is 4.79 Å². The highest BCUT2D eigenvalue weighted by atomic mass is 16.4. The minimum Gasteiger partial charge on any atom is -0.508 e. The van der Waals surface area contributed by atoms with E-state index in [1.165, 1.54) is 42.5 Å². The van der Waals surface area contributed by atoms with Crippen LogP contribution in [0.3, 0.4) is 0 Å². The number of nitroso groups, excluding NO2 is 1. The third-order valence-electron chi connectivity index (χ3n) is 4.29. The topological polar surface area (TPSA) is 117 Å². The van der Waals surface area contributed by atoms with Gasteiger partial charge in [-0.15, -0.1) is 4.91 Å². The second-order valence-corrected chi connectivity index (χ2v) is 5.94. The van der Waals surface area contributed by atoms with E-state index >= 15 is 0 Å². The summed E-state index contributed by atoms with van der Waals surface area (Å²) in [5.41, 5.74) is 1.33. The Hall–Kier alpha value is -4.00. The highest BCUT2D eigenvalue weighted by Gasteiger charge is 2.21. The summed E-state index contributed by atoms with van der Waals surface area (Å²) < 4.78 is 5.74. The molecule has 7 heteroatoms. The van der Waals surface area contributed by atoms with Crippen molar-refractivity contribution in [1.82, 2.24) is 0 Å². The lowest BCUT2D eigenvalue weighted by atomic mass is 9.91. The molecule has 2 aliphatic rings. The number of hydrogen-bond donors (Lipinski definition) is 2. The van der Waals surface area contributed by atoms with Crippen LogP contribution in [0.1, 0.15) is 10.4 Å². The van der Waals surface area contributed by atoms with Crippen LogP contribution >= 0.6 is 0 Å². The minimum atomic E-state index is -1.15. The summed E-state index contributed by atoms with van der Waals surface area (Å²) in [5.74, 6) is -0.946. The zero-order valence-electron chi connectivity index (χ0n) is 13.7. The molecule has 0 aromatic heterocycles. The predicted molar refractivity (Wildman–Crippen MR) is 98.6 cm³/mol. The van der Waals surface area contributed by atoms with Gasteiger partial charge in [0.1, 0.15) is 22.8 Å². The Labute approximate surface area is 151 Å². The Morgan fingerprint density at radius 2 is 1.78 bits per heavy atom. The Kier molecular flexibility index (Phi) is 3.70. The number of nitrogens with zero attached hydrogens (tertiary/aromatic N) is 1. The van der Waals surface area contributed by atoms with Gasteiger partial charge in [0.2, 0.25) is 0 Å². The van der Waals surface area contributed by atoms with E-state index in [2.05, 4.69) is 5.18 Å². The van der Waals surface area contributed by atoms with E-state index in [-0.39, 0.29) is 33.8 Å². The number of rotatable bonds is 3. The first-order valence-corrected chi connectivity index (χ1v) is 7.88. The van der Waals surface area contributed by atoms with Gasteiger partial charge in [-0.3, -0.25) is 4.79 Å². The zero-order valence-corrected chi connectivity index (χ0v) is 13.7. The maximum atomic E-state index is 11.7. The Bertz CT molecular complexity index is 1260. The molecule has 7 nitrogen and oxygen atoms in total. The molecule has 0 radical (unpaired) electrons. The van der Waals surface area contributed by atoms with Crippen molar-refractivity contribution in [2.24, 2.45) is 5.18 Å². The molecule has 0 unspecified atom stereocenters. The summed E-state index contributed by atoms with van der Waals surface area (Å²) in [7, 11) is 0.